The number of anilines is 1. The van der Waals surface area contributed by atoms with E-state index in [0.29, 0.717) is 17.1 Å². The molecular formula is C16H15N3O2. The molecular weight excluding hydrogens is 266 g/mol. The van der Waals surface area contributed by atoms with Crippen molar-refractivity contribution < 1.29 is 9.53 Å². The number of carbonyl (C=O) groups is 1. The third-order valence-corrected chi connectivity index (χ3v) is 2.69. The Morgan fingerprint density at radius 2 is 2.10 bits per heavy atom. The van der Waals surface area contributed by atoms with Gasteiger partial charge in [0.25, 0.3) is 5.91 Å². The molecule has 0 aliphatic heterocycles. The second-order valence-electron chi connectivity index (χ2n) is 4.12. The highest BCUT2D eigenvalue weighted by atomic mass is 16.5. The average molecular weight is 281 g/mol. The first kappa shape index (κ1) is 14.6. The van der Waals surface area contributed by atoms with Crippen LogP contribution in [0.15, 0.2) is 42.6 Å². The van der Waals surface area contributed by atoms with Gasteiger partial charge in [-0.05, 0) is 36.4 Å². The molecule has 0 radical (unpaired) electrons. The van der Waals surface area contributed by atoms with Gasteiger partial charge in [0.15, 0.2) is 0 Å². The number of methoxy groups -OCH3 is 1. The van der Waals surface area contributed by atoms with Crippen molar-refractivity contribution in [3.63, 3.8) is 0 Å². The molecule has 0 aliphatic rings. The number of nitrogens with two attached hydrogens (primary N) is 1. The number of pyridine rings is 1. The zero-order valence-electron chi connectivity index (χ0n) is 11.6. The molecule has 1 heterocycles. The molecule has 3 N–H and O–H groups in total. The molecule has 1 amide bonds. The van der Waals surface area contributed by atoms with Crippen LogP contribution in [0.5, 0.6) is 5.75 Å². The number of nitrogens with zero attached hydrogens (tertiary/aromatic N) is 1. The lowest BCUT2D eigenvalue weighted by atomic mass is 10.2. The Bertz CT molecular complexity index is 685. The fourth-order valence-electron chi connectivity index (χ4n) is 1.66. The second-order valence-corrected chi connectivity index (χ2v) is 4.12. The van der Waals surface area contributed by atoms with Gasteiger partial charge in [0.05, 0.1) is 13.7 Å². The molecule has 1 aromatic carbocycles. The standard InChI is InChI=1S/C16H15N3O2/c1-21-14-6-4-13(5-7-14)16(20)19-15-11-12(3-2-9-17)8-10-18-15/h4-8,10-11H,9,17H2,1H3,(H,18,19,20). The summed E-state index contributed by atoms with van der Waals surface area (Å²) < 4.78 is 5.05. The van der Waals surface area contributed by atoms with Crippen LogP contribution in [0.3, 0.4) is 0 Å². The van der Waals surface area contributed by atoms with E-state index in [4.69, 9.17) is 10.5 Å². The van der Waals surface area contributed by atoms with Gasteiger partial charge in [-0.3, -0.25) is 4.79 Å². The van der Waals surface area contributed by atoms with Crippen LogP contribution in [-0.4, -0.2) is 24.5 Å². The zero-order valence-corrected chi connectivity index (χ0v) is 11.6. The van der Waals surface area contributed by atoms with Crippen molar-refractivity contribution in [2.45, 2.75) is 0 Å². The van der Waals surface area contributed by atoms with Gasteiger partial charge in [0.2, 0.25) is 0 Å². The van der Waals surface area contributed by atoms with Gasteiger partial charge < -0.3 is 15.8 Å². The predicted molar refractivity (Wildman–Crippen MR) is 81.1 cm³/mol. The lowest BCUT2D eigenvalue weighted by molar-refractivity contribution is 0.102. The lowest BCUT2D eigenvalue weighted by Gasteiger charge is -2.05. The number of hydrogen-bond acceptors (Lipinski definition) is 4. The van der Waals surface area contributed by atoms with E-state index < -0.39 is 0 Å². The first-order valence-corrected chi connectivity index (χ1v) is 6.33. The molecule has 0 unspecified atom stereocenters. The minimum Gasteiger partial charge on any atom is -0.497 e. The highest BCUT2D eigenvalue weighted by Crippen LogP contribution is 2.13. The van der Waals surface area contributed by atoms with Gasteiger partial charge in [0.1, 0.15) is 11.6 Å². The minimum absolute atomic E-state index is 0.242. The fraction of sp³-hybridized carbons (Fsp3) is 0.125. The molecule has 2 rings (SSSR count). The van der Waals surface area contributed by atoms with E-state index >= 15 is 0 Å². The third kappa shape index (κ3) is 4.06. The molecule has 0 saturated heterocycles. The first-order valence-electron chi connectivity index (χ1n) is 6.33. The van der Waals surface area contributed by atoms with Crippen molar-refractivity contribution in [3.05, 3.63) is 53.7 Å². The summed E-state index contributed by atoms with van der Waals surface area (Å²) in [6, 6.07) is 10.3. The van der Waals surface area contributed by atoms with Crippen LogP contribution >= 0.6 is 0 Å². The van der Waals surface area contributed by atoms with Crippen LogP contribution in [-0.2, 0) is 0 Å². The van der Waals surface area contributed by atoms with E-state index in [1.807, 2.05) is 0 Å². The third-order valence-electron chi connectivity index (χ3n) is 2.69. The van der Waals surface area contributed by atoms with Crippen LogP contribution in [0, 0.1) is 11.8 Å². The summed E-state index contributed by atoms with van der Waals surface area (Å²) in [5.41, 5.74) is 6.60. The minimum atomic E-state index is -0.242. The smallest absolute Gasteiger partial charge is 0.256 e. The van der Waals surface area contributed by atoms with E-state index in [-0.39, 0.29) is 12.5 Å². The summed E-state index contributed by atoms with van der Waals surface area (Å²) in [7, 11) is 1.58. The molecule has 0 saturated carbocycles. The Morgan fingerprint density at radius 1 is 1.33 bits per heavy atom. The number of rotatable bonds is 3. The summed E-state index contributed by atoms with van der Waals surface area (Å²) in [6.07, 6.45) is 1.59. The van der Waals surface area contributed by atoms with Crippen molar-refractivity contribution in [1.29, 1.82) is 0 Å². The van der Waals surface area contributed by atoms with Crippen LogP contribution in [0.25, 0.3) is 0 Å². The molecule has 0 fully saturated rings. The molecule has 5 heteroatoms. The van der Waals surface area contributed by atoms with Gasteiger partial charge in [-0.25, -0.2) is 4.98 Å². The lowest BCUT2D eigenvalue weighted by Crippen LogP contribution is -2.12. The Hall–Kier alpha value is -2.84. The van der Waals surface area contributed by atoms with Crippen molar-refractivity contribution in [3.8, 4) is 17.6 Å². The Labute approximate surface area is 123 Å². The largest absolute Gasteiger partial charge is 0.497 e. The van der Waals surface area contributed by atoms with E-state index in [2.05, 4.69) is 22.1 Å². The summed E-state index contributed by atoms with van der Waals surface area (Å²) in [5.74, 6) is 6.54. The average Bonchev–Trinajstić information content (AvgIpc) is 2.53. The predicted octanol–water partition coefficient (Wildman–Crippen LogP) is 1.65. The maximum absolute atomic E-state index is 12.1. The molecule has 0 atom stereocenters. The summed E-state index contributed by atoms with van der Waals surface area (Å²) in [5, 5.41) is 2.72. The number of benzene rings is 1. The van der Waals surface area contributed by atoms with E-state index in [0.717, 1.165) is 5.56 Å². The molecule has 2 aromatic rings. The number of carbonyl (C=O) groups excluding carboxylic acids is 1. The Balaban J connectivity index is 2.11. The van der Waals surface area contributed by atoms with Crippen LogP contribution in [0.1, 0.15) is 15.9 Å². The molecule has 5 nitrogen and oxygen atoms in total. The van der Waals surface area contributed by atoms with E-state index in [1.165, 1.54) is 0 Å². The molecule has 106 valence electrons. The monoisotopic (exact) mass is 281 g/mol. The van der Waals surface area contributed by atoms with Gasteiger partial charge in [0, 0.05) is 17.3 Å². The number of ether oxygens (including phenoxy) is 1. The second kappa shape index (κ2) is 7.08. The van der Waals surface area contributed by atoms with Gasteiger partial charge in [-0.2, -0.15) is 0 Å². The highest BCUT2D eigenvalue weighted by molar-refractivity contribution is 6.03. The normalized spacial score (nSPS) is 9.43. The summed E-state index contributed by atoms with van der Waals surface area (Å²) in [4.78, 5) is 16.2. The Morgan fingerprint density at radius 3 is 2.76 bits per heavy atom. The van der Waals surface area contributed by atoms with Gasteiger partial charge >= 0.3 is 0 Å². The highest BCUT2D eigenvalue weighted by Gasteiger charge is 2.07. The summed E-state index contributed by atoms with van der Waals surface area (Å²) in [6.45, 7) is 0.288. The molecule has 1 aromatic heterocycles. The molecule has 0 aliphatic carbocycles. The molecule has 0 spiro atoms. The maximum Gasteiger partial charge on any atom is 0.256 e. The van der Waals surface area contributed by atoms with E-state index in [9.17, 15) is 4.79 Å². The number of nitrogens with one attached hydrogen (secondary N) is 1. The summed E-state index contributed by atoms with van der Waals surface area (Å²) >= 11 is 0. The number of hydrogen-bond donors (Lipinski definition) is 2. The molecule has 0 bridgehead atoms. The Kier molecular flexibility index (Phi) is 4.91. The maximum atomic E-state index is 12.1. The fourth-order valence-corrected chi connectivity index (χ4v) is 1.66. The first-order chi connectivity index (χ1) is 10.2. The molecule has 21 heavy (non-hydrogen) atoms. The van der Waals surface area contributed by atoms with Crippen LogP contribution < -0.4 is 15.8 Å². The van der Waals surface area contributed by atoms with Crippen molar-refractivity contribution in [1.82, 2.24) is 4.98 Å². The van der Waals surface area contributed by atoms with Crippen molar-refractivity contribution in [2.24, 2.45) is 5.73 Å². The van der Waals surface area contributed by atoms with Gasteiger partial charge in [-0.1, -0.05) is 11.8 Å². The van der Waals surface area contributed by atoms with Crippen LogP contribution in [0.4, 0.5) is 5.82 Å². The zero-order chi connectivity index (χ0) is 15.1. The van der Waals surface area contributed by atoms with Crippen molar-refractivity contribution in [2.75, 3.05) is 19.0 Å². The number of amides is 1. The topological polar surface area (TPSA) is 77.2 Å². The van der Waals surface area contributed by atoms with Crippen molar-refractivity contribution >= 4 is 11.7 Å². The van der Waals surface area contributed by atoms with Gasteiger partial charge in [-0.15, -0.1) is 0 Å². The quantitative estimate of drug-likeness (QED) is 0.839. The number of aromatic nitrogens is 1. The van der Waals surface area contributed by atoms with E-state index in [1.54, 1.807) is 49.7 Å². The SMILES string of the molecule is COc1ccc(C(=O)Nc2cc(C#CCN)ccn2)cc1. The van der Waals surface area contributed by atoms with Crippen LogP contribution in [0.2, 0.25) is 0 Å².